The molecule has 7 heteroatoms. The summed E-state index contributed by atoms with van der Waals surface area (Å²) in [6.45, 7) is 3.57. The maximum absolute atomic E-state index is 9.35. The summed E-state index contributed by atoms with van der Waals surface area (Å²) >= 11 is 6.10. The van der Waals surface area contributed by atoms with Crippen LogP contribution in [0.25, 0.3) is 0 Å². The number of benzene rings is 2. The summed E-state index contributed by atoms with van der Waals surface area (Å²) in [7, 11) is 1.96. The van der Waals surface area contributed by atoms with Crippen LogP contribution in [0.4, 0.5) is 11.9 Å². The van der Waals surface area contributed by atoms with E-state index in [-0.39, 0.29) is 11.0 Å². The first-order valence-corrected chi connectivity index (χ1v) is 10.1. The van der Waals surface area contributed by atoms with Crippen molar-refractivity contribution >= 4 is 23.5 Å². The Bertz CT molecular complexity index is 915. The van der Waals surface area contributed by atoms with Crippen molar-refractivity contribution in [2.75, 3.05) is 30.4 Å². The fourth-order valence-electron chi connectivity index (χ4n) is 2.95. The minimum atomic E-state index is 0.174. The maximum Gasteiger partial charge on any atom is 0.231 e. The van der Waals surface area contributed by atoms with Crippen molar-refractivity contribution in [2.45, 2.75) is 26.2 Å². The van der Waals surface area contributed by atoms with Gasteiger partial charge in [-0.2, -0.15) is 15.0 Å². The molecular formula is C22H26ClN5O. The second kappa shape index (κ2) is 10.1. The molecule has 1 aromatic heterocycles. The summed E-state index contributed by atoms with van der Waals surface area (Å²) in [5.74, 6) is 1.28. The van der Waals surface area contributed by atoms with Crippen LogP contribution in [0.1, 0.15) is 23.1 Å². The van der Waals surface area contributed by atoms with Crippen LogP contribution in [0, 0.1) is 6.92 Å². The fourth-order valence-corrected chi connectivity index (χ4v) is 3.10. The SMILES string of the molecule is Cc1ccc(CCCN(C)c2nc(Cl)nc(NCCc3ccc(O)cc3)n2)cc1. The Balaban J connectivity index is 1.51. The van der Waals surface area contributed by atoms with Gasteiger partial charge in [0.25, 0.3) is 0 Å². The molecular weight excluding hydrogens is 386 g/mol. The molecule has 1 heterocycles. The van der Waals surface area contributed by atoms with Crippen molar-refractivity contribution < 1.29 is 5.11 Å². The highest BCUT2D eigenvalue weighted by Gasteiger charge is 2.09. The average molecular weight is 412 g/mol. The summed E-state index contributed by atoms with van der Waals surface area (Å²) in [5, 5.41) is 12.7. The molecule has 0 bridgehead atoms. The van der Waals surface area contributed by atoms with Gasteiger partial charge < -0.3 is 15.3 Å². The van der Waals surface area contributed by atoms with Crippen molar-refractivity contribution in [3.05, 3.63) is 70.5 Å². The number of phenols is 1. The largest absolute Gasteiger partial charge is 0.508 e. The van der Waals surface area contributed by atoms with Crippen LogP contribution in [0.2, 0.25) is 5.28 Å². The third-order valence-electron chi connectivity index (χ3n) is 4.65. The topological polar surface area (TPSA) is 74.2 Å². The number of rotatable bonds is 9. The quantitative estimate of drug-likeness (QED) is 0.548. The van der Waals surface area contributed by atoms with Gasteiger partial charge in [-0.3, -0.25) is 0 Å². The third kappa shape index (κ3) is 6.61. The van der Waals surface area contributed by atoms with E-state index in [0.29, 0.717) is 18.4 Å². The molecule has 0 saturated carbocycles. The molecule has 0 saturated heterocycles. The van der Waals surface area contributed by atoms with Gasteiger partial charge in [-0.25, -0.2) is 0 Å². The van der Waals surface area contributed by atoms with Gasteiger partial charge in [0.2, 0.25) is 17.2 Å². The molecule has 0 spiro atoms. The Labute approximate surface area is 176 Å². The standard InChI is InChI=1S/C22H26ClN5O/c1-16-5-7-17(8-6-16)4-3-15-28(2)22-26-20(23)25-21(27-22)24-14-13-18-9-11-19(29)12-10-18/h5-12,29H,3-4,13-15H2,1-2H3,(H,24,25,26,27). The number of anilines is 2. The van der Waals surface area contributed by atoms with E-state index >= 15 is 0 Å². The Morgan fingerprint density at radius 2 is 1.59 bits per heavy atom. The van der Waals surface area contributed by atoms with Crippen LogP contribution >= 0.6 is 11.6 Å². The number of nitrogens with zero attached hydrogens (tertiary/aromatic N) is 4. The van der Waals surface area contributed by atoms with E-state index in [4.69, 9.17) is 11.6 Å². The normalized spacial score (nSPS) is 10.7. The highest BCUT2D eigenvalue weighted by atomic mass is 35.5. The van der Waals surface area contributed by atoms with Gasteiger partial charge >= 0.3 is 0 Å². The van der Waals surface area contributed by atoms with E-state index in [1.54, 1.807) is 12.1 Å². The van der Waals surface area contributed by atoms with Crippen LogP contribution in [0.15, 0.2) is 48.5 Å². The van der Waals surface area contributed by atoms with Gasteiger partial charge in [0, 0.05) is 20.1 Å². The molecule has 0 amide bonds. The summed E-state index contributed by atoms with van der Waals surface area (Å²) in [6, 6.07) is 15.8. The molecule has 0 aliphatic carbocycles. The first kappa shape index (κ1) is 20.9. The molecule has 0 aliphatic heterocycles. The smallest absolute Gasteiger partial charge is 0.231 e. The number of phenolic OH excluding ortho intramolecular Hbond substituents is 1. The lowest BCUT2D eigenvalue weighted by atomic mass is 10.1. The number of hydrogen-bond donors (Lipinski definition) is 2. The molecule has 0 radical (unpaired) electrons. The molecule has 2 aromatic carbocycles. The average Bonchev–Trinajstić information content (AvgIpc) is 2.70. The van der Waals surface area contributed by atoms with Gasteiger partial charge in [-0.05, 0) is 61.0 Å². The molecule has 29 heavy (non-hydrogen) atoms. The van der Waals surface area contributed by atoms with Crippen LogP contribution in [0.5, 0.6) is 5.75 Å². The lowest BCUT2D eigenvalue weighted by Crippen LogP contribution is -2.22. The highest BCUT2D eigenvalue weighted by molar-refractivity contribution is 6.28. The molecule has 0 unspecified atom stereocenters. The number of aromatic nitrogens is 3. The Morgan fingerprint density at radius 1 is 0.931 bits per heavy atom. The highest BCUT2D eigenvalue weighted by Crippen LogP contribution is 2.15. The van der Waals surface area contributed by atoms with Gasteiger partial charge in [-0.1, -0.05) is 42.0 Å². The lowest BCUT2D eigenvalue weighted by molar-refractivity contribution is 0.475. The van der Waals surface area contributed by atoms with Gasteiger partial charge in [0.15, 0.2) is 0 Å². The molecule has 0 fully saturated rings. The van der Waals surface area contributed by atoms with Crippen LogP contribution in [-0.2, 0) is 12.8 Å². The summed E-state index contributed by atoms with van der Waals surface area (Å²) in [5.41, 5.74) is 3.72. The van der Waals surface area contributed by atoms with Crippen molar-refractivity contribution in [3.63, 3.8) is 0 Å². The second-order valence-corrected chi connectivity index (χ2v) is 7.42. The number of hydrogen-bond acceptors (Lipinski definition) is 6. The van der Waals surface area contributed by atoms with Gasteiger partial charge in [-0.15, -0.1) is 0 Å². The van der Waals surface area contributed by atoms with Crippen LogP contribution in [-0.4, -0.2) is 40.2 Å². The molecule has 0 aliphatic rings. The van der Waals surface area contributed by atoms with E-state index in [1.807, 2.05) is 24.1 Å². The van der Waals surface area contributed by atoms with Gasteiger partial charge in [0.1, 0.15) is 5.75 Å². The van der Waals surface area contributed by atoms with Gasteiger partial charge in [0.05, 0.1) is 0 Å². The minimum Gasteiger partial charge on any atom is -0.508 e. The first-order chi connectivity index (χ1) is 14.0. The first-order valence-electron chi connectivity index (χ1n) is 9.69. The Morgan fingerprint density at radius 3 is 2.31 bits per heavy atom. The molecule has 2 N–H and O–H groups in total. The summed E-state index contributed by atoms with van der Waals surface area (Å²) in [6.07, 6.45) is 2.78. The number of aryl methyl sites for hydroxylation is 2. The third-order valence-corrected chi connectivity index (χ3v) is 4.82. The monoisotopic (exact) mass is 411 g/mol. The zero-order valence-corrected chi connectivity index (χ0v) is 17.5. The van der Waals surface area contributed by atoms with E-state index in [1.165, 1.54) is 11.1 Å². The predicted octanol–water partition coefficient (Wildman–Crippen LogP) is 4.26. The van der Waals surface area contributed by atoms with E-state index in [9.17, 15) is 5.11 Å². The number of aromatic hydroxyl groups is 1. The Kier molecular flexibility index (Phi) is 7.25. The van der Waals surface area contributed by atoms with Crippen LogP contribution in [0.3, 0.4) is 0 Å². The maximum atomic E-state index is 9.35. The number of halogens is 1. The van der Waals surface area contributed by atoms with Crippen molar-refractivity contribution in [2.24, 2.45) is 0 Å². The molecule has 6 nitrogen and oxygen atoms in total. The lowest BCUT2D eigenvalue weighted by Gasteiger charge is -2.17. The Hall–Kier alpha value is -2.86. The fraction of sp³-hybridized carbons (Fsp3) is 0.318. The zero-order valence-electron chi connectivity index (χ0n) is 16.8. The summed E-state index contributed by atoms with van der Waals surface area (Å²) in [4.78, 5) is 14.9. The minimum absolute atomic E-state index is 0.174. The van der Waals surface area contributed by atoms with Crippen molar-refractivity contribution in [3.8, 4) is 5.75 Å². The van der Waals surface area contributed by atoms with Crippen molar-refractivity contribution in [1.29, 1.82) is 0 Å². The zero-order chi connectivity index (χ0) is 20.6. The van der Waals surface area contributed by atoms with E-state index < -0.39 is 0 Å². The molecule has 0 atom stereocenters. The summed E-state index contributed by atoms with van der Waals surface area (Å²) < 4.78 is 0. The van der Waals surface area contributed by atoms with E-state index in [0.717, 1.165) is 31.4 Å². The molecule has 152 valence electrons. The molecule has 3 rings (SSSR count). The molecule has 3 aromatic rings. The number of nitrogens with one attached hydrogen (secondary N) is 1. The predicted molar refractivity (Wildman–Crippen MR) is 118 cm³/mol. The van der Waals surface area contributed by atoms with Crippen molar-refractivity contribution in [1.82, 2.24) is 15.0 Å². The second-order valence-electron chi connectivity index (χ2n) is 7.08. The van der Waals surface area contributed by atoms with Crippen LogP contribution < -0.4 is 10.2 Å². The van der Waals surface area contributed by atoms with E-state index in [2.05, 4.69) is 51.5 Å².